The van der Waals surface area contributed by atoms with E-state index in [9.17, 15) is 4.79 Å². The number of nitrogens with zero attached hydrogens (tertiary/aromatic N) is 2. The van der Waals surface area contributed by atoms with Crippen LogP contribution in [0, 0.1) is 11.3 Å². The summed E-state index contributed by atoms with van der Waals surface area (Å²) in [5.74, 6) is 2.65. The zero-order chi connectivity index (χ0) is 26.9. The third-order valence-corrected chi connectivity index (χ3v) is 9.51. The maximum absolute atomic E-state index is 13.4. The number of methoxy groups -OCH3 is 1. The molecule has 2 aromatic carbocycles. The first-order valence-electron chi connectivity index (χ1n) is 15.5. The Morgan fingerprint density at radius 2 is 1.64 bits per heavy atom. The normalized spacial score (nSPS) is 21.6. The molecule has 2 aromatic rings. The van der Waals surface area contributed by atoms with Crippen molar-refractivity contribution >= 4 is 5.91 Å². The van der Waals surface area contributed by atoms with Crippen LogP contribution in [-0.4, -0.2) is 55.6 Å². The highest BCUT2D eigenvalue weighted by atomic mass is 16.5. The van der Waals surface area contributed by atoms with Gasteiger partial charge in [0.2, 0.25) is 5.91 Å². The number of piperidine rings is 1. The number of amides is 1. The van der Waals surface area contributed by atoms with Crippen LogP contribution in [0.3, 0.4) is 0 Å². The molecule has 2 fully saturated rings. The van der Waals surface area contributed by atoms with E-state index in [-0.39, 0.29) is 11.3 Å². The summed E-state index contributed by atoms with van der Waals surface area (Å²) in [5.41, 5.74) is 2.89. The highest BCUT2D eigenvalue weighted by Gasteiger charge is 2.38. The van der Waals surface area contributed by atoms with Gasteiger partial charge in [0, 0.05) is 38.6 Å². The quantitative estimate of drug-likeness (QED) is 0.403. The summed E-state index contributed by atoms with van der Waals surface area (Å²) in [4.78, 5) is 18.3. The first-order valence-corrected chi connectivity index (χ1v) is 15.5. The highest BCUT2D eigenvalue weighted by molar-refractivity contribution is 5.79. The topological polar surface area (TPSA) is 42.0 Å². The van der Waals surface area contributed by atoms with E-state index < -0.39 is 0 Å². The molecule has 0 atom stereocenters. The Balaban J connectivity index is 1.30. The minimum atomic E-state index is 0.255. The second kappa shape index (κ2) is 13.7. The lowest BCUT2D eigenvalue weighted by molar-refractivity contribution is -0.138. The Kier molecular flexibility index (Phi) is 9.84. The van der Waals surface area contributed by atoms with Gasteiger partial charge in [-0.25, -0.2) is 0 Å². The van der Waals surface area contributed by atoms with Gasteiger partial charge in [0.15, 0.2) is 0 Å². The number of aryl methyl sites for hydroxylation is 1. The van der Waals surface area contributed by atoms with Crippen molar-refractivity contribution in [2.45, 2.75) is 83.6 Å². The maximum atomic E-state index is 13.4. The second-order valence-corrected chi connectivity index (χ2v) is 12.2. The number of hydrogen-bond acceptors (Lipinski definition) is 4. The number of carbonyl (C=O) groups excluding carboxylic acids is 1. The molecular formula is C34H48N2O3. The van der Waals surface area contributed by atoms with E-state index in [0.29, 0.717) is 12.5 Å². The van der Waals surface area contributed by atoms with Crippen molar-refractivity contribution in [1.82, 2.24) is 9.80 Å². The summed E-state index contributed by atoms with van der Waals surface area (Å²) in [7, 11) is 1.72. The van der Waals surface area contributed by atoms with Crippen molar-refractivity contribution in [3.63, 3.8) is 0 Å². The molecule has 1 spiro atoms. The van der Waals surface area contributed by atoms with Crippen LogP contribution < -0.4 is 9.47 Å². The van der Waals surface area contributed by atoms with Gasteiger partial charge in [0.05, 0.1) is 7.11 Å². The van der Waals surface area contributed by atoms with E-state index >= 15 is 0 Å². The average Bonchev–Trinajstić information content (AvgIpc) is 3.26. The molecule has 212 valence electrons. The fourth-order valence-electron chi connectivity index (χ4n) is 7.10. The Hall–Kier alpha value is -2.53. The number of hydrogen-bond donors (Lipinski definition) is 0. The van der Waals surface area contributed by atoms with Gasteiger partial charge in [-0.2, -0.15) is 0 Å². The number of ether oxygens (including phenoxy) is 2. The fourth-order valence-corrected chi connectivity index (χ4v) is 7.10. The summed E-state index contributed by atoms with van der Waals surface area (Å²) in [5, 5.41) is 0. The van der Waals surface area contributed by atoms with Crippen molar-refractivity contribution in [3.05, 3.63) is 59.7 Å². The van der Waals surface area contributed by atoms with Crippen molar-refractivity contribution in [2.75, 3.05) is 39.9 Å². The first kappa shape index (κ1) is 28.0. The average molecular weight is 533 g/mol. The van der Waals surface area contributed by atoms with E-state index in [1.54, 1.807) is 7.11 Å². The molecule has 5 nitrogen and oxygen atoms in total. The lowest BCUT2D eigenvalue weighted by Crippen LogP contribution is -2.49. The summed E-state index contributed by atoms with van der Waals surface area (Å²) in [6.45, 7) is 5.40. The molecule has 5 rings (SSSR count). The Bertz CT molecular complexity index is 1040. The predicted octanol–water partition coefficient (Wildman–Crippen LogP) is 6.88. The summed E-state index contributed by atoms with van der Waals surface area (Å²) in [6, 6.07) is 17.1. The number of rotatable bonds is 4. The maximum Gasteiger partial charge on any atom is 0.225 e. The Morgan fingerprint density at radius 1 is 0.897 bits per heavy atom. The van der Waals surface area contributed by atoms with E-state index in [0.717, 1.165) is 76.3 Å². The molecule has 1 amide bonds. The molecule has 5 heteroatoms. The molecule has 0 radical (unpaired) electrons. The summed E-state index contributed by atoms with van der Waals surface area (Å²) < 4.78 is 11.7. The third-order valence-electron chi connectivity index (χ3n) is 9.51. The van der Waals surface area contributed by atoms with Crippen LogP contribution in [0.2, 0.25) is 0 Å². The monoisotopic (exact) mass is 532 g/mol. The van der Waals surface area contributed by atoms with Crippen LogP contribution in [0.4, 0.5) is 0 Å². The molecule has 0 bridgehead atoms. The number of likely N-dealkylation sites (tertiary alicyclic amines) is 1. The largest absolute Gasteiger partial charge is 0.497 e. The van der Waals surface area contributed by atoms with Crippen LogP contribution in [0.15, 0.2) is 48.5 Å². The first-order chi connectivity index (χ1) is 19.1. The summed E-state index contributed by atoms with van der Waals surface area (Å²) >= 11 is 0. The Morgan fingerprint density at radius 3 is 2.38 bits per heavy atom. The fraction of sp³-hybridized carbons (Fsp3) is 0.618. The zero-order valence-electron chi connectivity index (χ0n) is 24.0. The standard InChI is InChI=1S/C34H48N2O3/c1-38-31-17-15-28(16-18-31)26-35-24-25-39-32-14-7-6-10-29(32)11-8-9-19-34(27-35)20-22-36(23-21-34)33(37)30-12-4-2-3-5-13-30/h6-7,10,14-18,30H,2-5,8-9,11-13,19-27H2,1H3. The second-order valence-electron chi connectivity index (χ2n) is 12.2. The molecule has 3 aliphatic rings. The number of carbonyl (C=O) groups is 1. The summed E-state index contributed by atoms with van der Waals surface area (Å²) in [6.07, 6.45) is 14.2. The van der Waals surface area contributed by atoms with Crippen LogP contribution in [-0.2, 0) is 17.8 Å². The van der Waals surface area contributed by atoms with Gasteiger partial charge in [-0.1, -0.05) is 62.4 Å². The molecule has 0 aromatic heterocycles. The molecule has 1 aliphatic carbocycles. The van der Waals surface area contributed by atoms with Gasteiger partial charge in [-0.05, 0) is 79.7 Å². The Labute approximate surface area is 235 Å². The molecule has 2 aliphatic heterocycles. The zero-order valence-corrected chi connectivity index (χ0v) is 24.0. The molecule has 0 N–H and O–H groups in total. The van der Waals surface area contributed by atoms with Gasteiger partial charge < -0.3 is 14.4 Å². The van der Waals surface area contributed by atoms with Gasteiger partial charge in [0.1, 0.15) is 18.1 Å². The van der Waals surface area contributed by atoms with Crippen LogP contribution >= 0.6 is 0 Å². The smallest absolute Gasteiger partial charge is 0.225 e. The number of benzene rings is 2. The van der Waals surface area contributed by atoms with Crippen molar-refractivity contribution in [3.8, 4) is 11.5 Å². The molecular weight excluding hydrogens is 484 g/mol. The highest BCUT2D eigenvalue weighted by Crippen LogP contribution is 2.39. The molecule has 1 saturated heterocycles. The van der Waals surface area contributed by atoms with Gasteiger partial charge in [-0.15, -0.1) is 0 Å². The molecule has 1 saturated carbocycles. The van der Waals surface area contributed by atoms with Gasteiger partial charge in [0.25, 0.3) is 0 Å². The van der Waals surface area contributed by atoms with Crippen LogP contribution in [0.5, 0.6) is 11.5 Å². The third kappa shape index (κ3) is 7.57. The predicted molar refractivity (Wildman–Crippen MR) is 157 cm³/mol. The van der Waals surface area contributed by atoms with Crippen LogP contribution in [0.25, 0.3) is 0 Å². The van der Waals surface area contributed by atoms with Crippen molar-refractivity contribution in [2.24, 2.45) is 11.3 Å². The molecule has 0 unspecified atom stereocenters. The van der Waals surface area contributed by atoms with E-state index in [1.807, 2.05) is 0 Å². The van der Waals surface area contributed by atoms with Gasteiger partial charge >= 0.3 is 0 Å². The van der Waals surface area contributed by atoms with E-state index in [1.165, 1.54) is 56.1 Å². The minimum absolute atomic E-state index is 0.255. The SMILES string of the molecule is COc1ccc(CN2CCOc3ccccc3CCCCC3(CCN(C(=O)C4CCCCCC4)CC3)C2)cc1. The number of fused-ring (bicyclic) bond motifs is 1. The lowest BCUT2D eigenvalue weighted by Gasteiger charge is -2.45. The van der Waals surface area contributed by atoms with E-state index in [4.69, 9.17) is 9.47 Å². The van der Waals surface area contributed by atoms with Gasteiger partial charge in [-0.3, -0.25) is 9.69 Å². The van der Waals surface area contributed by atoms with E-state index in [2.05, 4.69) is 58.3 Å². The molecule has 39 heavy (non-hydrogen) atoms. The van der Waals surface area contributed by atoms with Crippen LogP contribution in [0.1, 0.15) is 81.8 Å². The van der Waals surface area contributed by atoms with Crippen molar-refractivity contribution in [1.29, 1.82) is 0 Å². The number of para-hydroxylation sites is 1. The lowest BCUT2D eigenvalue weighted by atomic mass is 9.73. The minimum Gasteiger partial charge on any atom is -0.497 e. The van der Waals surface area contributed by atoms with Crippen molar-refractivity contribution < 1.29 is 14.3 Å². The molecule has 2 heterocycles.